The smallest absolute Gasteiger partial charge is 0.341 e. The van der Waals surface area contributed by atoms with Crippen LogP contribution in [0.15, 0.2) is 17.0 Å². The molecule has 0 N–H and O–H groups in total. The lowest BCUT2D eigenvalue weighted by molar-refractivity contribution is 0.0458. The molecule has 0 atom stereocenters. The average Bonchev–Trinajstić information content (AvgIpc) is 2.29. The van der Waals surface area contributed by atoms with Crippen LogP contribution >= 0.6 is 10.7 Å². The van der Waals surface area contributed by atoms with Crippen molar-refractivity contribution in [1.29, 1.82) is 0 Å². The van der Waals surface area contributed by atoms with Gasteiger partial charge in [-0.05, 0) is 24.0 Å². The second-order valence-electron chi connectivity index (χ2n) is 5.65. The largest absolute Gasteiger partial charge is 0.462 e. The van der Waals surface area contributed by atoms with E-state index in [4.69, 9.17) is 15.4 Å². The molecule has 21 heavy (non-hydrogen) atoms. The van der Waals surface area contributed by atoms with Crippen LogP contribution in [0.1, 0.15) is 37.6 Å². The van der Waals surface area contributed by atoms with E-state index in [9.17, 15) is 22.0 Å². The third-order valence-corrected chi connectivity index (χ3v) is 3.92. The molecule has 0 unspecified atom stereocenters. The maximum Gasteiger partial charge on any atom is 0.341 e. The van der Waals surface area contributed by atoms with E-state index < -0.39 is 37.1 Å². The highest BCUT2D eigenvalue weighted by Gasteiger charge is 2.23. The standard InChI is InChI=1S/C13H15ClF2O4S/c1-13(2,3)4-5-20-12(17)9-6-8(21(14,18)19)7-10(15)11(9)16/h6-7H,4-5H2,1-3H3. The topological polar surface area (TPSA) is 60.4 Å². The Morgan fingerprint density at radius 3 is 2.33 bits per heavy atom. The zero-order chi connectivity index (χ0) is 16.4. The minimum absolute atomic E-state index is 0.00124. The highest BCUT2D eigenvalue weighted by molar-refractivity contribution is 8.13. The lowest BCUT2D eigenvalue weighted by atomic mass is 9.93. The van der Waals surface area contributed by atoms with E-state index in [1.165, 1.54) is 0 Å². The van der Waals surface area contributed by atoms with Crippen LogP contribution < -0.4 is 0 Å². The van der Waals surface area contributed by atoms with Crippen LogP contribution in [-0.4, -0.2) is 21.0 Å². The molecule has 0 heterocycles. The number of esters is 1. The van der Waals surface area contributed by atoms with Crippen molar-refractivity contribution in [2.75, 3.05) is 6.61 Å². The second-order valence-corrected chi connectivity index (χ2v) is 8.22. The van der Waals surface area contributed by atoms with Crippen LogP contribution in [0.25, 0.3) is 0 Å². The maximum atomic E-state index is 13.6. The third kappa shape index (κ3) is 5.24. The first-order chi connectivity index (χ1) is 9.42. The third-order valence-electron chi connectivity index (χ3n) is 2.59. The highest BCUT2D eigenvalue weighted by atomic mass is 35.7. The van der Waals surface area contributed by atoms with Crippen LogP contribution in [0.5, 0.6) is 0 Å². The SMILES string of the molecule is CC(C)(C)CCOC(=O)c1cc(S(=O)(=O)Cl)cc(F)c1F. The Hall–Kier alpha value is -1.21. The van der Waals surface area contributed by atoms with Gasteiger partial charge in [-0.3, -0.25) is 0 Å². The van der Waals surface area contributed by atoms with Gasteiger partial charge in [-0.15, -0.1) is 0 Å². The van der Waals surface area contributed by atoms with Crippen LogP contribution in [-0.2, 0) is 13.8 Å². The van der Waals surface area contributed by atoms with Gasteiger partial charge in [0.15, 0.2) is 11.6 Å². The molecule has 0 aromatic heterocycles. The number of benzene rings is 1. The zero-order valence-electron chi connectivity index (χ0n) is 11.7. The van der Waals surface area contributed by atoms with E-state index >= 15 is 0 Å². The molecule has 1 rings (SSSR count). The molecule has 0 saturated carbocycles. The molecule has 1 aromatic rings. The van der Waals surface area contributed by atoms with E-state index in [0.717, 1.165) is 0 Å². The number of hydrogen-bond donors (Lipinski definition) is 0. The molecule has 0 aliphatic rings. The predicted octanol–water partition coefficient (Wildman–Crippen LogP) is 3.49. The number of ether oxygens (including phenoxy) is 1. The molecule has 0 aliphatic heterocycles. The Labute approximate surface area is 126 Å². The summed E-state index contributed by atoms with van der Waals surface area (Å²) in [5.41, 5.74) is -0.908. The fourth-order valence-electron chi connectivity index (χ4n) is 1.38. The number of carbonyl (C=O) groups excluding carboxylic acids is 1. The molecule has 0 amide bonds. The van der Waals surface area contributed by atoms with Crippen molar-refractivity contribution in [2.45, 2.75) is 32.1 Å². The van der Waals surface area contributed by atoms with Gasteiger partial charge in [-0.2, -0.15) is 0 Å². The quantitative estimate of drug-likeness (QED) is 0.622. The normalized spacial score (nSPS) is 12.3. The van der Waals surface area contributed by atoms with Gasteiger partial charge in [-0.1, -0.05) is 20.8 Å². The molecular weight excluding hydrogens is 326 g/mol. The van der Waals surface area contributed by atoms with Crippen molar-refractivity contribution in [3.8, 4) is 0 Å². The lowest BCUT2D eigenvalue weighted by Gasteiger charge is -2.17. The summed E-state index contributed by atoms with van der Waals surface area (Å²) in [7, 11) is 0.771. The molecule has 1 aromatic carbocycles. The monoisotopic (exact) mass is 340 g/mol. The molecule has 8 heteroatoms. The Morgan fingerprint density at radius 1 is 1.29 bits per heavy atom. The summed E-state index contributed by atoms with van der Waals surface area (Å²) in [6.07, 6.45) is 0.510. The molecule has 0 spiro atoms. The summed E-state index contributed by atoms with van der Waals surface area (Å²) in [6, 6.07) is 1.06. The van der Waals surface area contributed by atoms with E-state index in [1.807, 2.05) is 20.8 Å². The van der Waals surface area contributed by atoms with Gasteiger partial charge in [0.2, 0.25) is 0 Å². The van der Waals surface area contributed by atoms with Gasteiger partial charge in [-0.25, -0.2) is 22.0 Å². The van der Waals surface area contributed by atoms with Gasteiger partial charge >= 0.3 is 5.97 Å². The Morgan fingerprint density at radius 2 is 1.86 bits per heavy atom. The van der Waals surface area contributed by atoms with Crippen molar-refractivity contribution >= 4 is 25.7 Å². The fourth-order valence-corrected chi connectivity index (χ4v) is 2.15. The van der Waals surface area contributed by atoms with Crippen molar-refractivity contribution < 1.29 is 26.7 Å². The molecule has 0 radical (unpaired) electrons. The maximum absolute atomic E-state index is 13.6. The number of halogens is 3. The summed E-state index contributed by atoms with van der Waals surface area (Å²) in [6.45, 7) is 5.76. The predicted molar refractivity (Wildman–Crippen MR) is 73.8 cm³/mol. The number of rotatable bonds is 4. The Bertz CT molecular complexity index is 651. The van der Waals surface area contributed by atoms with Crippen LogP contribution in [0.4, 0.5) is 8.78 Å². The summed E-state index contributed by atoms with van der Waals surface area (Å²) < 4.78 is 54.0. The summed E-state index contributed by atoms with van der Waals surface area (Å²) in [4.78, 5) is 11.0. The first-order valence-corrected chi connectivity index (χ1v) is 8.33. The van der Waals surface area contributed by atoms with E-state index in [-0.39, 0.29) is 12.0 Å². The summed E-state index contributed by atoms with van der Waals surface area (Å²) >= 11 is 0. The van der Waals surface area contributed by atoms with E-state index in [1.54, 1.807) is 0 Å². The van der Waals surface area contributed by atoms with Gasteiger partial charge in [0, 0.05) is 10.7 Å². The van der Waals surface area contributed by atoms with Crippen LogP contribution in [0, 0.1) is 17.0 Å². The molecule has 0 fully saturated rings. The van der Waals surface area contributed by atoms with Gasteiger partial charge < -0.3 is 4.74 Å². The van der Waals surface area contributed by atoms with Crippen molar-refractivity contribution in [3.05, 3.63) is 29.3 Å². The van der Waals surface area contributed by atoms with E-state index in [2.05, 4.69) is 0 Å². The highest BCUT2D eigenvalue weighted by Crippen LogP contribution is 2.23. The minimum atomic E-state index is -4.28. The van der Waals surface area contributed by atoms with Gasteiger partial charge in [0.05, 0.1) is 17.1 Å². The van der Waals surface area contributed by atoms with Crippen molar-refractivity contribution in [2.24, 2.45) is 5.41 Å². The summed E-state index contributed by atoms with van der Waals surface area (Å²) in [5.74, 6) is -4.10. The van der Waals surface area contributed by atoms with Crippen molar-refractivity contribution in [3.63, 3.8) is 0 Å². The first-order valence-electron chi connectivity index (χ1n) is 6.02. The average molecular weight is 341 g/mol. The first kappa shape index (κ1) is 17.8. The van der Waals surface area contributed by atoms with Gasteiger partial charge in [0.25, 0.3) is 9.05 Å². The molecular formula is C13H15ClF2O4S. The fraction of sp³-hybridized carbons (Fsp3) is 0.462. The Kier molecular flexibility index (Phi) is 5.33. The lowest BCUT2D eigenvalue weighted by Crippen LogP contribution is -2.15. The molecule has 0 aliphatic carbocycles. The molecule has 118 valence electrons. The number of carbonyl (C=O) groups is 1. The Balaban J connectivity index is 3.02. The van der Waals surface area contributed by atoms with Crippen molar-refractivity contribution in [1.82, 2.24) is 0 Å². The van der Waals surface area contributed by atoms with Crippen LogP contribution in [0.2, 0.25) is 0 Å². The second kappa shape index (κ2) is 6.27. The molecule has 0 bridgehead atoms. The minimum Gasteiger partial charge on any atom is -0.462 e. The molecule has 4 nitrogen and oxygen atoms in total. The van der Waals surface area contributed by atoms with Gasteiger partial charge in [0.1, 0.15) is 0 Å². The summed E-state index contributed by atoms with van der Waals surface area (Å²) in [5, 5.41) is 0. The van der Waals surface area contributed by atoms with E-state index in [0.29, 0.717) is 18.6 Å². The molecule has 0 saturated heterocycles. The van der Waals surface area contributed by atoms with Crippen LogP contribution in [0.3, 0.4) is 0 Å². The zero-order valence-corrected chi connectivity index (χ0v) is 13.3. The number of hydrogen-bond acceptors (Lipinski definition) is 4.